The van der Waals surface area contributed by atoms with E-state index in [4.69, 9.17) is 4.74 Å². The second-order valence-corrected chi connectivity index (χ2v) is 8.19. The van der Waals surface area contributed by atoms with E-state index in [2.05, 4.69) is 10.3 Å². The molecule has 4 aromatic rings. The number of carbonyl (C=O) groups is 2. The van der Waals surface area contributed by atoms with E-state index in [9.17, 15) is 14.4 Å². The van der Waals surface area contributed by atoms with E-state index < -0.39 is 11.5 Å². The SMILES string of the molecule is COc1cccc(NC(=O)Cn2c(=O)c(N(Cc3ccc(C)cc3)C(C)=O)nc3ccccc32)c1. The minimum Gasteiger partial charge on any atom is -0.497 e. The summed E-state index contributed by atoms with van der Waals surface area (Å²) in [6, 6.07) is 21.7. The lowest BCUT2D eigenvalue weighted by molar-refractivity contribution is -0.117. The standard InChI is InChI=1S/C27H26N4O4/c1-18-11-13-20(14-12-18)16-30(19(2)32)26-27(34)31(24-10-5-4-9-23(24)29-26)17-25(33)28-21-7-6-8-22(15-21)35-3/h4-15H,16-17H2,1-3H3,(H,28,33). The summed E-state index contributed by atoms with van der Waals surface area (Å²) >= 11 is 0. The fourth-order valence-electron chi connectivity index (χ4n) is 3.77. The number of hydrogen-bond donors (Lipinski definition) is 1. The molecule has 0 aliphatic carbocycles. The van der Waals surface area contributed by atoms with Crippen LogP contribution in [0, 0.1) is 6.92 Å². The number of methoxy groups -OCH3 is 1. The summed E-state index contributed by atoms with van der Waals surface area (Å²) in [6.07, 6.45) is 0. The number of para-hydroxylation sites is 2. The van der Waals surface area contributed by atoms with Gasteiger partial charge in [-0.05, 0) is 36.8 Å². The van der Waals surface area contributed by atoms with Gasteiger partial charge in [-0.15, -0.1) is 0 Å². The molecule has 0 unspecified atom stereocenters. The Hall–Kier alpha value is -4.46. The van der Waals surface area contributed by atoms with Gasteiger partial charge in [0, 0.05) is 18.7 Å². The summed E-state index contributed by atoms with van der Waals surface area (Å²) in [7, 11) is 1.54. The van der Waals surface area contributed by atoms with E-state index in [1.807, 2.05) is 31.2 Å². The van der Waals surface area contributed by atoms with Crippen molar-refractivity contribution < 1.29 is 14.3 Å². The second kappa shape index (κ2) is 10.2. The lowest BCUT2D eigenvalue weighted by Gasteiger charge is -2.21. The zero-order chi connectivity index (χ0) is 24.9. The Balaban J connectivity index is 1.72. The van der Waals surface area contributed by atoms with Crippen LogP contribution in [0.25, 0.3) is 11.0 Å². The molecule has 2 amide bonds. The molecule has 4 rings (SSSR count). The molecule has 8 heteroatoms. The Morgan fingerprint density at radius 1 is 1.03 bits per heavy atom. The van der Waals surface area contributed by atoms with E-state index in [0.29, 0.717) is 22.5 Å². The summed E-state index contributed by atoms with van der Waals surface area (Å²) in [5, 5.41) is 2.79. The average molecular weight is 471 g/mol. The third-order valence-corrected chi connectivity index (χ3v) is 5.59. The van der Waals surface area contributed by atoms with Gasteiger partial charge in [-0.2, -0.15) is 0 Å². The molecule has 0 bridgehead atoms. The first kappa shape index (κ1) is 23.7. The first-order valence-electron chi connectivity index (χ1n) is 11.1. The van der Waals surface area contributed by atoms with Crippen molar-refractivity contribution in [3.63, 3.8) is 0 Å². The number of rotatable bonds is 7. The molecule has 0 radical (unpaired) electrons. The van der Waals surface area contributed by atoms with Crippen LogP contribution >= 0.6 is 0 Å². The molecule has 8 nitrogen and oxygen atoms in total. The topological polar surface area (TPSA) is 93.5 Å². The van der Waals surface area contributed by atoms with Gasteiger partial charge in [0.05, 0.1) is 24.7 Å². The van der Waals surface area contributed by atoms with Crippen LogP contribution in [-0.4, -0.2) is 28.5 Å². The maximum atomic E-state index is 13.6. The number of carbonyl (C=O) groups excluding carboxylic acids is 2. The number of fused-ring (bicyclic) bond motifs is 1. The van der Waals surface area contributed by atoms with Crippen LogP contribution in [-0.2, 0) is 22.7 Å². The number of aromatic nitrogens is 2. The van der Waals surface area contributed by atoms with Crippen molar-refractivity contribution in [2.45, 2.75) is 26.9 Å². The van der Waals surface area contributed by atoms with Crippen LogP contribution in [0.1, 0.15) is 18.1 Å². The normalized spacial score (nSPS) is 10.7. The predicted molar refractivity (Wildman–Crippen MR) is 136 cm³/mol. The summed E-state index contributed by atoms with van der Waals surface area (Å²) in [5.41, 5.74) is 2.99. The number of nitrogens with zero attached hydrogens (tertiary/aromatic N) is 3. The van der Waals surface area contributed by atoms with Gasteiger partial charge in [-0.25, -0.2) is 4.98 Å². The number of benzene rings is 3. The molecule has 1 heterocycles. The molecular formula is C27H26N4O4. The quantitative estimate of drug-likeness (QED) is 0.442. The summed E-state index contributed by atoms with van der Waals surface area (Å²) < 4.78 is 6.54. The summed E-state index contributed by atoms with van der Waals surface area (Å²) in [5.74, 6) is -0.135. The van der Waals surface area contributed by atoms with E-state index in [1.54, 1.807) is 55.6 Å². The third-order valence-electron chi connectivity index (χ3n) is 5.59. The molecular weight excluding hydrogens is 444 g/mol. The maximum absolute atomic E-state index is 13.6. The first-order chi connectivity index (χ1) is 16.9. The van der Waals surface area contributed by atoms with Crippen molar-refractivity contribution in [3.8, 4) is 5.75 Å². The second-order valence-electron chi connectivity index (χ2n) is 8.19. The van der Waals surface area contributed by atoms with Gasteiger partial charge in [-0.1, -0.05) is 48.0 Å². The Labute approximate surface area is 202 Å². The van der Waals surface area contributed by atoms with Crippen molar-refractivity contribution in [1.29, 1.82) is 0 Å². The van der Waals surface area contributed by atoms with Gasteiger partial charge < -0.3 is 10.1 Å². The van der Waals surface area contributed by atoms with Gasteiger partial charge in [0.1, 0.15) is 12.3 Å². The molecule has 1 N–H and O–H groups in total. The number of ether oxygens (including phenoxy) is 1. The fraction of sp³-hybridized carbons (Fsp3) is 0.185. The van der Waals surface area contributed by atoms with Crippen LogP contribution < -0.4 is 20.5 Å². The van der Waals surface area contributed by atoms with Crippen molar-refractivity contribution in [3.05, 3.63) is 94.3 Å². The largest absolute Gasteiger partial charge is 0.497 e. The molecule has 1 aromatic heterocycles. The van der Waals surface area contributed by atoms with Gasteiger partial charge >= 0.3 is 0 Å². The molecule has 178 valence electrons. The Kier molecular flexibility index (Phi) is 6.91. The molecule has 35 heavy (non-hydrogen) atoms. The lowest BCUT2D eigenvalue weighted by Crippen LogP contribution is -2.38. The zero-order valence-corrected chi connectivity index (χ0v) is 19.8. The minimum atomic E-state index is -0.521. The third kappa shape index (κ3) is 5.38. The van der Waals surface area contributed by atoms with Crippen molar-refractivity contribution in [2.75, 3.05) is 17.3 Å². The lowest BCUT2D eigenvalue weighted by atomic mass is 10.1. The smallest absolute Gasteiger partial charge is 0.294 e. The Bertz CT molecular complexity index is 1440. The zero-order valence-electron chi connectivity index (χ0n) is 19.8. The van der Waals surface area contributed by atoms with Crippen LogP contribution in [0.4, 0.5) is 11.5 Å². The summed E-state index contributed by atoms with van der Waals surface area (Å²) in [6.45, 7) is 3.31. The first-order valence-corrected chi connectivity index (χ1v) is 11.1. The van der Waals surface area contributed by atoms with E-state index in [1.165, 1.54) is 16.4 Å². The Morgan fingerprint density at radius 3 is 2.49 bits per heavy atom. The highest BCUT2D eigenvalue weighted by molar-refractivity contribution is 5.93. The van der Waals surface area contributed by atoms with Crippen LogP contribution in [0.15, 0.2) is 77.6 Å². The molecule has 0 aliphatic heterocycles. The molecule has 0 saturated heterocycles. The van der Waals surface area contributed by atoms with Crippen molar-refractivity contribution in [1.82, 2.24) is 9.55 Å². The van der Waals surface area contributed by atoms with Gasteiger partial charge in [0.2, 0.25) is 17.6 Å². The Morgan fingerprint density at radius 2 is 1.77 bits per heavy atom. The highest BCUT2D eigenvalue weighted by Gasteiger charge is 2.22. The average Bonchev–Trinajstić information content (AvgIpc) is 2.85. The van der Waals surface area contributed by atoms with Crippen LogP contribution in [0.2, 0.25) is 0 Å². The number of aryl methyl sites for hydroxylation is 1. The highest BCUT2D eigenvalue weighted by atomic mass is 16.5. The van der Waals surface area contributed by atoms with Crippen LogP contribution in [0.5, 0.6) is 5.75 Å². The van der Waals surface area contributed by atoms with E-state index in [0.717, 1.165) is 11.1 Å². The molecule has 0 aliphatic rings. The molecule has 0 saturated carbocycles. The number of hydrogen-bond acceptors (Lipinski definition) is 5. The summed E-state index contributed by atoms with van der Waals surface area (Å²) in [4.78, 5) is 44.9. The highest BCUT2D eigenvalue weighted by Crippen LogP contribution is 2.19. The van der Waals surface area contributed by atoms with E-state index in [-0.39, 0.29) is 24.8 Å². The van der Waals surface area contributed by atoms with Gasteiger partial charge in [0.25, 0.3) is 5.56 Å². The van der Waals surface area contributed by atoms with Crippen molar-refractivity contribution >= 4 is 34.4 Å². The minimum absolute atomic E-state index is 0.0223. The molecule has 0 atom stereocenters. The number of amides is 2. The predicted octanol–water partition coefficient (Wildman–Crippen LogP) is 3.91. The number of nitrogens with one attached hydrogen (secondary N) is 1. The van der Waals surface area contributed by atoms with Gasteiger partial charge in [0.15, 0.2) is 0 Å². The van der Waals surface area contributed by atoms with Crippen LogP contribution in [0.3, 0.4) is 0 Å². The number of anilines is 2. The molecule has 3 aromatic carbocycles. The van der Waals surface area contributed by atoms with Crippen molar-refractivity contribution in [2.24, 2.45) is 0 Å². The molecule has 0 spiro atoms. The monoisotopic (exact) mass is 470 g/mol. The molecule has 0 fully saturated rings. The van der Waals surface area contributed by atoms with E-state index >= 15 is 0 Å². The maximum Gasteiger partial charge on any atom is 0.294 e. The van der Waals surface area contributed by atoms with Gasteiger partial charge in [-0.3, -0.25) is 23.9 Å². The fourth-order valence-corrected chi connectivity index (χ4v) is 3.77.